The molecule has 0 spiro atoms. The molecule has 2 heterocycles. The predicted molar refractivity (Wildman–Crippen MR) is 73.8 cm³/mol. The molecule has 0 radical (unpaired) electrons. The highest BCUT2D eigenvalue weighted by atomic mass is 32.2. The number of hydrogen-bond donors (Lipinski definition) is 1. The Morgan fingerprint density at radius 1 is 1.20 bits per heavy atom. The Morgan fingerprint density at radius 2 is 1.75 bits per heavy atom. The highest BCUT2D eigenvalue weighted by Crippen LogP contribution is 2.41. The molecule has 2 unspecified atom stereocenters. The lowest BCUT2D eigenvalue weighted by Crippen LogP contribution is -2.50. The van der Waals surface area contributed by atoms with Gasteiger partial charge in [0.1, 0.15) is 11.6 Å². The van der Waals surface area contributed by atoms with Crippen LogP contribution in [0, 0.1) is 11.6 Å². The van der Waals surface area contributed by atoms with Gasteiger partial charge in [0.25, 0.3) is 0 Å². The van der Waals surface area contributed by atoms with Crippen molar-refractivity contribution in [3.63, 3.8) is 0 Å². The Kier molecular flexibility index (Phi) is 3.67. The molecule has 2 fully saturated rings. The maximum atomic E-state index is 13.7. The normalized spacial score (nSPS) is 36.9. The van der Waals surface area contributed by atoms with Gasteiger partial charge in [0.2, 0.25) is 0 Å². The van der Waals surface area contributed by atoms with E-state index in [1.165, 1.54) is 18.2 Å². The van der Waals surface area contributed by atoms with E-state index in [0.29, 0.717) is 12.8 Å². The first-order valence-corrected chi connectivity index (χ1v) is 8.31. The predicted octanol–water partition coefficient (Wildman–Crippen LogP) is 2.70. The van der Waals surface area contributed by atoms with Crippen LogP contribution in [0.4, 0.5) is 8.78 Å². The van der Waals surface area contributed by atoms with E-state index in [2.05, 4.69) is 0 Å². The van der Waals surface area contributed by atoms with Crippen molar-refractivity contribution >= 4 is 10.8 Å². The number of fused-ring (bicyclic) bond motifs is 2. The largest absolute Gasteiger partial charge is 0.389 e. The maximum absolute atomic E-state index is 13.7. The summed E-state index contributed by atoms with van der Waals surface area (Å²) in [6, 6.07) is 3.75. The van der Waals surface area contributed by atoms with Crippen LogP contribution in [0.5, 0.6) is 0 Å². The van der Waals surface area contributed by atoms with E-state index in [0.717, 1.165) is 19.3 Å². The van der Waals surface area contributed by atoms with Gasteiger partial charge in [-0.1, -0.05) is 12.5 Å². The highest BCUT2D eigenvalue weighted by molar-refractivity contribution is 7.86. The second kappa shape index (κ2) is 5.19. The van der Waals surface area contributed by atoms with Gasteiger partial charge in [0.05, 0.1) is 5.60 Å². The Labute approximate surface area is 119 Å². The minimum Gasteiger partial charge on any atom is -0.389 e. The van der Waals surface area contributed by atoms with Crippen LogP contribution in [-0.2, 0) is 17.2 Å². The van der Waals surface area contributed by atoms with Crippen molar-refractivity contribution in [2.75, 3.05) is 0 Å². The van der Waals surface area contributed by atoms with Gasteiger partial charge in [0.15, 0.2) is 0 Å². The molecule has 3 rings (SSSR count). The molecule has 2 nitrogen and oxygen atoms in total. The van der Waals surface area contributed by atoms with Crippen molar-refractivity contribution in [3.8, 4) is 0 Å². The van der Waals surface area contributed by atoms with Crippen molar-refractivity contribution in [1.29, 1.82) is 0 Å². The second-order valence-corrected chi connectivity index (χ2v) is 8.00. The van der Waals surface area contributed by atoms with Crippen LogP contribution in [-0.4, -0.2) is 25.4 Å². The molecular weight excluding hydrogens is 282 g/mol. The molecule has 0 saturated carbocycles. The fraction of sp³-hybridized carbons (Fsp3) is 0.600. The summed E-state index contributed by atoms with van der Waals surface area (Å²) in [5.74, 6) is -1.23. The van der Waals surface area contributed by atoms with Crippen molar-refractivity contribution in [2.45, 2.75) is 54.6 Å². The third-order valence-corrected chi connectivity index (χ3v) is 6.61. The summed E-state index contributed by atoms with van der Waals surface area (Å²) in [7, 11) is -0.899. The molecular formula is C15H18F2O2S. The van der Waals surface area contributed by atoms with Crippen LogP contribution in [0.2, 0.25) is 0 Å². The van der Waals surface area contributed by atoms with Gasteiger partial charge in [-0.25, -0.2) is 8.78 Å². The minimum absolute atomic E-state index is 0.0256. The van der Waals surface area contributed by atoms with Gasteiger partial charge in [-0.2, -0.15) is 0 Å². The molecule has 20 heavy (non-hydrogen) atoms. The molecule has 5 heteroatoms. The van der Waals surface area contributed by atoms with Gasteiger partial charge in [0, 0.05) is 33.3 Å². The van der Waals surface area contributed by atoms with Gasteiger partial charge in [-0.15, -0.1) is 0 Å². The van der Waals surface area contributed by atoms with Crippen molar-refractivity contribution in [1.82, 2.24) is 0 Å². The average molecular weight is 300 g/mol. The number of rotatable bonds is 2. The lowest BCUT2D eigenvalue weighted by Gasteiger charge is -2.43. The van der Waals surface area contributed by atoms with Crippen molar-refractivity contribution in [3.05, 3.63) is 35.4 Å². The Bertz CT molecular complexity index is 510. The van der Waals surface area contributed by atoms with Crippen LogP contribution in [0.3, 0.4) is 0 Å². The summed E-state index contributed by atoms with van der Waals surface area (Å²) in [6.45, 7) is 0. The van der Waals surface area contributed by atoms with Crippen LogP contribution in [0.25, 0.3) is 0 Å². The molecule has 2 aliphatic rings. The first-order chi connectivity index (χ1) is 9.48. The lowest BCUT2D eigenvalue weighted by molar-refractivity contribution is 0.00993. The summed E-state index contributed by atoms with van der Waals surface area (Å²) in [5, 5.41) is 10.7. The Balaban J connectivity index is 1.85. The highest BCUT2D eigenvalue weighted by Gasteiger charge is 2.45. The van der Waals surface area contributed by atoms with E-state index in [1.807, 2.05) is 0 Å². The zero-order valence-corrected chi connectivity index (χ0v) is 12.0. The van der Waals surface area contributed by atoms with Crippen molar-refractivity contribution in [2.24, 2.45) is 0 Å². The molecule has 2 aliphatic heterocycles. The number of halogens is 2. The van der Waals surface area contributed by atoms with Crippen LogP contribution in [0.1, 0.15) is 37.7 Å². The third kappa shape index (κ3) is 2.53. The van der Waals surface area contributed by atoms with Gasteiger partial charge in [-0.3, -0.25) is 4.21 Å². The van der Waals surface area contributed by atoms with E-state index in [-0.39, 0.29) is 22.5 Å². The molecule has 2 saturated heterocycles. The summed E-state index contributed by atoms with van der Waals surface area (Å²) in [4.78, 5) is 0. The summed E-state index contributed by atoms with van der Waals surface area (Å²) >= 11 is 0. The topological polar surface area (TPSA) is 37.3 Å². The Morgan fingerprint density at radius 3 is 2.30 bits per heavy atom. The SMILES string of the molecule is O=S1C2CCCC1CC(O)(Cc1c(F)cccc1F)C2. The minimum atomic E-state index is -1.13. The van der Waals surface area contributed by atoms with E-state index in [9.17, 15) is 18.1 Å². The Hall–Kier alpha value is -0.810. The molecule has 0 aliphatic carbocycles. The van der Waals surface area contributed by atoms with Crippen LogP contribution in [0.15, 0.2) is 18.2 Å². The first-order valence-electron chi connectivity index (χ1n) is 7.03. The monoisotopic (exact) mass is 300 g/mol. The summed E-state index contributed by atoms with van der Waals surface area (Å²) in [6.07, 6.45) is 3.44. The van der Waals surface area contributed by atoms with E-state index >= 15 is 0 Å². The molecule has 1 N–H and O–H groups in total. The fourth-order valence-electron chi connectivity index (χ4n) is 3.55. The molecule has 1 aromatic carbocycles. The zero-order valence-electron chi connectivity index (χ0n) is 11.1. The molecule has 1 aromatic rings. The van der Waals surface area contributed by atoms with Gasteiger partial charge < -0.3 is 5.11 Å². The summed E-state index contributed by atoms with van der Waals surface area (Å²) < 4.78 is 39.6. The maximum Gasteiger partial charge on any atom is 0.129 e. The average Bonchev–Trinajstić information content (AvgIpc) is 2.37. The number of benzene rings is 1. The van der Waals surface area contributed by atoms with E-state index < -0.39 is 28.0 Å². The first kappa shape index (κ1) is 14.1. The van der Waals surface area contributed by atoms with Crippen LogP contribution < -0.4 is 0 Å². The van der Waals surface area contributed by atoms with Gasteiger partial charge in [-0.05, 0) is 37.8 Å². The number of hydrogen-bond acceptors (Lipinski definition) is 2. The number of aliphatic hydroxyl groups is 1. The standard InChI is InChI=1S/C15H18F2O2S/c16-13-5-2-6-14(17)12(13)9-15(18)7-10-3-1-4-11(8-15)20(10)19/h2,5-6,10-11,18H,1,3-4,7-9H2. The second-order valence-electron chi connectivity index (χ2n) is 6.01. The molecule has 0 aromatic heterocycles. The molecule has 2 bridgehead atoms. The quantitative estimate of drug-likeness (QED) is 0.912. The zero-order chi connectivity index (χ0) is 14.3. The molecule has 110 valence electrons. The third-order valence-electron chi connectivity index (χ3n) is 4.49. The van der Waals surface area contributed by atoms with E-state index in [1.54, 1.807) is 0 Å². The summed E-state index contributed by atoms with van der Waals surface area (Å²) in [5.41, 5.74) is -1.19. The van der Waals surface area contributed by atoms with Crippen LogP contribution >= 0.6 is 0 Å². The van der Waals surface area contributed by atoms with E-state index in [4.69, 9.17) is 0 Å². The molecule has 0 amide bonds. The van der Waals surface area contributed by atoms with Gasteiger partial charge >= 0.3 is 0 Å². The smallest absolute Gasteiger partial charge is 0.129 e. The fourth-order valence-corrected chi connectivity index (χ4v) is 5.84. The molecule has 2 atom stereocenters. The lowest BCUT2D eigenvalue weighted by atomic mass is 9.81. The van der Waals surface area contributed by atoms with Crippen molar-refractivity contribution < 1.29 is 18.1 Å².